The van der Waals surface area contributed by atoms with Crippen molar-refractivity contribution in [3.63, 3.8) is 0 Å². The summed E-state index contributed by atoms with van der Waals surface area (Å²) < 4.78 is 2.17. The quantitative estimate of drug-likeness (QED) is 0.866. The molecule has 19 heavy (non-hydrogen) atoms. The van der Waals surface area contributed by atoms with Crippen molar-refractivity contribution in [1.29, 1.82) is 0 Å². The molecule has 1 aliphatic heterocycles. The van der Waals surface area contributed by atoms with Crippen LogP contribution in [0.1, 0.15) is 0 Å². The molecule has 1 amide bonds. The molecule has 0 spiro atoms. The van der Waals surface area contributed by atoms with Crippen LogP contribution < -0.4 is 4.90 Å². The molecule has 0 saturated carbocycles. The van der Waals surface area contributed by atoms with Crippen LogP contribution >= 0.6 is 27.3 Å². The van der Waals surface area contributed by atoms with Crippen LogP contribution in [0.3, 0.4) is 0 Å². The van der Waals surface area contributed by atoms with E-state index in [2.05, 4.69) is 25.8 Å². The second-order valence-corrected chi connectivity index (χ2v) is 6.29. The second kappa shape index (κ2) is 4.97. The second-order valence-electron chi connectivity index (χ2n) is 4.37. The maximum Gasteiger partial charge on any atom is 0.407 e. The zero-order valence-corrected chi connectivity index (χ0v) is 12.4. The van der Waals surface area contributed by atoms with Gasteiger partial charge in [0.1, 0.15) is 0 Å². The number of fused-ring (bicyclic) bond motifs is 1. The fraction of sp³-hybridized carbons (Fsp3) is 0.333. The summed E-state index contributed by atoms with van der Waals surface area (Å²) in [7, 11) is 0. The molecule has 1 aliphatic rings. The smallest absolute Gasteiger partial charge is 0.407 e. The van der Waals surface area contributed by atoms with Crippen LogP contribution in [-0.4, -0.2) is 47.3 Å². The summed E-state index contributed by atoms with van der Waals surface area (Å²) in [5, 5.41) is 9.90. The van der Waals surface area contributed by atoms with Crippen LogP contribution in [0.5, 0.6) is 0 Å². The van der Waals surface area contributed by atoms with Crippen LogP contribution in [0.2, 0.25) is 0 Å². The molecule has 0 unspecified atom stereocenters. The van der Waals surface area contributed by atoms with Gasteiger partial charge in [0.25, 0.3) is 0 Å². The van der Waals surface area contributed by atoms with Gasteiger partial charge in [0.2, 0.25) is 0 Å². The van der Waals surface area contributed by atoms with E-state index < -0.39 is 6.09 Å². The van der Waals surface area contributed by atoms with Crippen molar-refractivity contribution in [2.45, 2.75) is 0 Å². The lowest BCUT2D eigenvalue weighted by Gasteiger charge is -2.32. The number of carbonyl (C=O) groups is 1. The first-order valence-electron chi connectivity index (χ1n) is 5.92. The molecule has 0 atom stereocenters. The minimum atomic E-state index is -0.840. The van der Waals surface area contributed by atoms with Crippen molar-refractivity contribution in [2.75, 3.05) is 31.1 Å². The van der Waals surface area contributed by atoms with E-state index in [9.17, 15) is 4.79 Å². The van der Waals surface area contributed by atoms with Crippen molar-refractivity contribution in [3.8, 4) is 0 Å². The third-order valence-electron chi connectivity index (χ3n) is 3.16. The first-order valence-corrected chi connectivity index (χ1v) is 7.53. The minimum Gasteiger partial charge on any atom is -0.465 e. The predicted octanol–water partition coefficient (Wildman–Crippen LogP) is 2.86. The van der Waals surface area contributed by atoms with E-state index in [1.807, 2.05) is 18.2 Å². The average Bonchev–Trinajstić information content (AvgIpc) is 2.81. The van der Waals surface area contributed by atoms with Gasteiger partial charge in [-0.3, -0.25) is 0 Å². The molecular weight excluding hydrogens is 330 g/mol. The van der Waals surface area contributed by atoms with Gasteiger partial charge in [-0.1, -0.05) is 27.3 Å². The number of nitrogens with zero attached hydrogens (tertiary/aromatic N) is 3. The third-order valence-corrected chi connectivity index (χ3v) is 4.75. The Morgan fingerprint density at radius 3 is 2.74 bits per heavy atom. The highest BCUT2D eigenvalue weighted by Gasteiger charge is 2.22. The number of benzene rings is 1. The first kappa shape index (κ1) is 12.7. The van der Waals surface area contributed by atoms with Crippen LogP contribution in [0.4, 0.5) is 9.93 Å². The molecule has 2 aromatic rings. The maximum absolute atomic E-state index is 10.9. The van der Waals surface area contributed by atoms with Gasteiger partial charge >= 0.3 is 6.09 Å². The zero-order valence-electron chi connectivity index (χ0n) is 10.0. The van der Waals surface area contributed by atoms with E-state index in [0.717, 1.165) is 19.8 Å². The molecule has 0 radical (unpaired) electrons. The summed E-state index contributed by atoms with van der Waals surface area (Å²) in [5.74, 6) is 0. The molecule has 5 nitrogen and oxygen atoms in total. The molecule has 2 heterocycles. The van der Waals surface area contributed by atoms with Gasteiger partial charge in [0.15, 0.2) is 5.13 Å². The molecule has 1 N–H and O–H groups in total. The van der Waals surface area contributed by atoms with Gasteiger partial charge in [0.05, 0.1) is 10.2 Å². The fourth-order valence-corrected chi connectivity index (χ4v) is 3.46. The van der Waals surface area contributed by atoms with Gasteiger partial charge in [0, 0.05) is 30.7 Å². The van der Waals surface area contributed by atoms with Gasteiger partial charge in [-0.25, -0.2) is 9.78 Å². The largest absolute Gasteiger partial charge is 0.465 e. The molecule has 100 valence electrons. The first-order chi connectivity index (χ1) is 9.13. The van der Waals surface area contributed by atoms with Gasteiger partial charge < -0.3 is 14.9 Å². The van der Waals surface area contributed by atoms with Gasteiger partial charge in [-0.2, -0.15) is 0 Å². The Hall–Kier alpha value is -1.34. The standard InChI is InChI=1S/C12H12BrN3O2S/c13-8-1-2-10-9(7-8)14-11(19-10)15-3-5-16(6-4-15)12(17)18/h1-2,7H,3-6H2,(H,17,18). The number of hydrogen-bond donors (Lipinski definition) is 1. The summed E-state index contributed by atoms with van der Waals surface area (Å²) in [6.07, 6.45) is -0.840. The summed E-state index contributed by atoms with van der Waals surface area (Å²) >= 11 is 5.09. The van der Waals surface area contributed by atoms with E-state index in [1.165, 1.54) is 4.90 Å². The number of carboxylic acid groups (broad SMARTS) is 1. The normalized spacial score (nSPS) is 16.1. The Kier molecular flexibility index (Phi) is 3.32. The molecule has 1 aromatic carbocycles. The van der Waals surface area contributed by atoms with Crippen molar-refractivity contribution in [2.24, 2.45) is 0 Å². The fourth-order valence-electron chi connectivity index (χ4n) is 2.11. The number of rotatable bonds is 1. The van der Waals surface area contributed by atoms with E-state index in [4.69, 9.17) is 5.11 Å². The number of aromatic nitrogens is 1. The Labute approximate surface area is 122 Å². The molecule has 1 aromatic heterocycles. The van der Waals surface area contributed by atoms with E-state index in [1.54, 1.807) is 11.3 Å². The van der Waals surface area contributed by atoms with E-state index >= 15 is 0 Å². The number of anilines is 1. The van der Waals surface area contributed by atoms with Crippen molar-refractivity contribution in [3.05, 3.63) is 22.7 Å². The van der Waals surface area contributed by atoms with Crippen molar-refractivity contribution >= 4 is 48.7 Å². The van der Waals surface area contributed by atoms with Crippen LogP contribution in [0.25, 0.3) is 10.2 Å². The van der Waals surface area contributed by atoms with Crippen LogP contribution in [0.15, 0.2) is 22.7 Å². The van der Waals surface area contributed by atoms with E-state index in [-0.39, 0.29) is 0 Å². The number of halogens is 1. The molecule has 0 aliphatic carbocycles. The van der Waals surface area contributed by atoms with E-state index in [0.29, 0.717) is 26.2 Å². The highest BCUT2D eigenvalue weighted by Crippen LogP contribution is 2.31. The summed E-state index contributed by atoms with van der Waals surface area (Å²) in [5.41, 5.74) is 0.982. The van der Waals surface area contributed by atoms with Gasteiger partial charge in [-0.15, -0.1) is 0 Å². The Balaban J connectivity index is 1.80. The van der Waals surface area contributed by atoms with Gasteiger partial charge in [-0.05, 0) is 18.2 Å². The molecule has 1 saturated heterocycles. The number of thiazole rings is 1. The SMILES string of the molecule is O=C(O)N1CCN(c2nc3cc(Br)ccc3s2)CC1. The molecule has 0 bridgehead atoms. The molecular formula is C12H12BrN3O2S. The highest BCUT2D eigenvalue weighted by atomic mass is 79.9. The summed E-state index contributed by atoms with van der Waals surface area (Å²) in [6.45, 7) is 2.48. The molecule has 7 heteroatoms. The Morgan fingerprint density at radius 2 is 2.05 bits per heavy atom. The third kappa shape index (κ3) is 2.52. The lowest BCUT2D eigenvalue weighted by molar-refractivity contribution is 0.142. The maximum atomic E-state index is 10.9. The number of hydrogen-bond acceptors (Lipinski definition) is 4. The van der Waals surface area contributed by atoms with Crippen LogP contribution in [-0.2, 0) is 0 Å². The predicted molar refractivity (Wildman–Crippen MR) is 79.1 cm³/mol. The van der Waals surface area contributed by atoms with Crippen molar-refractivity contribution < 1.29 is 9.90 Å². The average molecular weight is 342 g/mol. The monoisotopic (exact) mass is 341 g/mol. The summed E-state index contributed by atoms with van der Waals surface area (Å²) in [4.78, 5) is 19.1. The highest BCUT2D eigenvalue weighted by molar-refractivity contribution is 9.10. The Morgan fingerprint density at radius 1 is 1.32 bits per heavy atom. The molecule has 1 fully saturated rings. The zero-order chi connectivity index (χ0) is 13.4. The lowest BCUT2D eigenvalue weighted by atomic mass is 10.3. The molecule has 3 rings (SSSR count). The topological polar surface area (TPSA) is 56.7 Å². The minimum absolute atomic E-state index is 0.537. The van der Waals surface area contributed by atoms with Crippen LogP contribution in [0, 0.1) is 0 Å². The van der Waals surface area contributed by atoms with Crippen molar-refractivity contribution in [1.82, 2.24) is 9.88 Å². The number of amides is 1. The number of piperazine rings is 1. The summed E-state index contributed by atoms with van der Waals surface area (Å²) in [6, 6.07) is 6.06. The lowest BCUT2D eigenvalue weighted by Crippen LogP contribution is -2.48. The Bertz CT molecular complexity index is 622.